The van der Waals surface area contributed by atoms with E-state index in [0.717, 1.165) is 16.0 Å². The highest BCUT2D eigenvalue weighted by Gasteiger charge is 2.57. The Morgan fingerprint density at radius 3 is 2.79 bits per heavy atom. The molecule has 2 aliphatic rings. The summed E-state index contributed by atoms with van der Waals surface area (Å²) in [5.41, 5.74) is 1.75. The lowest BCUT2D eigenvalue weighted by molar-refractivity contribution is -0.126. The van der Waals surface area contributed by atoms with Crippen LogP contribution in [0.2, 0.25) is 0 Å². The van der Waals surface area contributed by atoms with Crippen LogP contribution in [0.15, 0.2) is 41.8 Å². The maximum absolute atomic E-state index is 12.9. The van der Waals surface area contributed by atoms with Crippen molar-refractivity contribution in [1.29, 1.82) is 0 Å². The van der Waals surface area contributed by atoms with Crippen LogP contribution in [-0.4, -0.2) is 27.5 Å². The molecule has 0 radical (unpaired) electrons. The molecule has 0 spiro atoms. The number of benzene rings is 1. The molecule has 1 aromatic heterocycles. The summed E-state index contributed by atoms with van der Waals surface area (Å²) in [5, 5.41) is 4.93. The summed E-state index contributed by atoms with van der Waals surface area (Å²) >= 11 is 3.31. The van der Waals surface area contributed by atoms with Gasteiger partial charge >= 0.3 is 0 Å². The average molecular weight is 358 g/mol. The van der Waals surface area contributed by atoms with E-state index in [4.69, 9.17) is 0 Å². The number of thiophene rings is 1. The van der Waals surface area contributed by atoms with Gasteiger partial charge < -0.3 is 10.2 Å². The van der Waals surface area contributed by atoms with Crippen molar-refractivity contribution >= 4 is 34.9 Å². The summed E-state index contributed by atoms with van der Waals surface area (Å²) in [6.07, 6.45) is 0. The number of carbonyl (C=O) groups is 2. The molecule has 2 amide bonds. The summed E-state index contributed by atoms with van der Waals surface area (Å²) in [6.45, 7) is 4.59. The Hall–Kier alpha value is -1.79. The van der Waals surface area contributed by atoms with Gasteiger partial charge in [-0.1, -0.05) is 24.3 Å². The van der Waals surface area contributed by atoms with Crippen molar-refractivity contribution in [2.75, 3.05) is 0 Å². The van der Waals surface area contributed by atoms with Gasteiger partial charge in [0.2, 0.25) is 5.91 Å². The highest BCUT2D eigenvalue weighted by Crippen LogP contribution is 2.56. The van der Waals surface area contributed by atoms with Gasteiger partial charge in [-0.25, -0.2) is 0 Å². The van der Waals surface area contributed by atoms with Crippen molar-refractivity contribution < 1.29 is 9.59 Å². The van der Waals surface area contributed by atoms with E-state index in [1.807, 2.05) is 55.6 Å². The van der Waals surface area contributed by atoms with Crippen LogP contribution in [0.3, 0.4) is 0 Å². The van der Waals surface area contributed by atoms with Gasteiger partial charge in [-0.05, 0) is 36.9 Å². The van der Waals surface area contributed by atoms with E-state index in [2.05, 4.69) is 5.32 Å². The molecule has 24 heavy (non-hydrogen) atoms. The van der Waals surface area contributed by atoms with E-state index >= 15 is 0 Å². The van der Waals surface area contributed by atoms with Crippen LogP contribution >= 0.6 is 23.1 Å². The van der Waals surface area contributed by atoms with Crippen molar-refractivity contribution in [2.24, 2.45) is 0 Å². The number of nitrogens with one attached hydrogen (secondary N) is 1. The quantitative estimate of drug-likeness (QED) is 0.915. The molecule has 124 valence electrons. The Morgan fingerprint density at radius 1 is 1.25 bits per heavy atom. The molecule has 3 heterocycles. The number of fused-ring (bicyclic) bond motifs is 3. The number of hydrogen-bond acceptors (Lipinski definition) is 4. The fourth-order valence-electron chi connectivity index (χ4n) is 3.49. The lowest BCUT2D eigenvalue weighted by atomic mass is 10.0. The first-order valence-corrected chi connectivity index (χ1v) is 9.64. The Labute approximate surface area is 149 Å². The first-order valence-electron chi connectivity index (χ1n) is 7.88. The van der Waals surface area contributed by atoms with E-state index in [0.29, 0.717) is 6.54 Å². The topological polar surface area (TPSA) is 49.4 Å². The van der Waals surface area contributed by atoms with Crippen LogP contribution in [-0.2, 0) is 11.3 Å². The highest BCUT2D eigenvalue weighted by atomic mass is 32.2. The summed E-state index contributed by atoms with van der Waals surface area (Å²) < 4.78 is -0.326. The molecule has 2 atom stereocenters. The minimum absolute atomic E-state index is 0.0371. The van der Waals surface area contributed by atoms with E-state index in [1.165, 1.54) is 0 Å². The minimum Gasteiger partial charge on any atom is -0.349 e. The van der Waals surface area contributed by atoms with Crippen LogP contribution < -0.4 is 5.32 Å². The van der Waals surface area contributed by atoms with Crippen molar-refractivity contribution in [2.45, 2.75) is 36.6 Å². The molecule has 2 unspecified atom stereocenters. The van der Waals surface area contributed by atoms with E-state index < -0.39 is 6.04 Å². The average Bonchev–Trinajstić information content (AvgIpc) is 3.22. The van der Waals surface area contributed by atoms with Crippen LogP contribution in [0.5, 0.6) is 0 Å². The molecule has 0 saturated carbocycles. The normalized spacial score (nSPS) is 23.9. The molecule has 0 aliphatic carbocycles. The van der Waals surface area contributed by atoms with Gasteiger partial charge in [0.05, 0.1) is 6.54 Å². The second-order valence-corrected chi connectivity index (χ2v) is 9.34. The summed E-state index contributed by atoms with van der Waals surface area (Å²) in [4.78, 5) is 28.6. The molecule has 1 aromatic carbocycles. The van der Waals surface area contributed by atoms with Crippen LogP contribution in [0, 0.1) is 0 Å². The van der Waals surface area contributed by atoms with Gasteiger partial charge in [-0.2, -0.15) is 0 Å². The second kappa shape index (κ2) is 5.63. The largest absolute Gasteiger partial charge is 0.349 e. The molecule has 1 N–H and O–H groups in total. The van der Waals surface area contributed by atoms with Crippen LogP contribution in [0.25, 0.3) is 0 Å². The summed E-state index contributed by atoms with van der Waals surface area (Å²) in [5.74, 6) is -0.116. The maximum atomic E-state index is 12.9. The number of rotatable bonds is 3. The third kappa shape index (κ3) is 2.36. The van der Waals surface area contributed by atoms with Crippen LogP contribution in [0.4, 0.5) is 0 Å². The lowest BCUT2D eigenvalue weighted by Crippen LogP contribution is -2.52. The molecule has 4 nitrogen and oxygen atoms in total. The third-order valence-corrected chi connectivity index (χ3v) is 6.97. The fraction of sp³-hybridized carbons (Fsp3) is 0.333. The number of thioether (sulfide) groups is 1. The Kier molecular flexibility index (Phi) is 3.69. The SMILES string of the molecule is CC1(C)SC2c3ccccc3C(=O)N2C1C(=O)NCc1cccs1. The fourth-order valence-corrected chi connectivity index (χ4v) is 5.72. The number of nitrogens with zero attached hydrogens (tertiary/aromatic N) is 1. The smallest absolute Gasteiger partial charge is 0.256 e. The predicted molar refractivity (Wildman–Crippen MR) is 97.0 cm³/mol. The molecular formula is C18H18N2O2S2. The first kappa shape index (κ1) is 15.7. The van der Waals surface area contributed by atoms with Gasteiger partial charge in [0.1, 0.15) is 11.4 Å². The van der Waals surface area contributed by atoms with Gasteiger partial charge in [-0.3, -0.25) is 9.59 Å². The summed E-state index contributed by atoms with van der Waals surface area (Å²) in [6, 6.07) is 11.2. The molecular weight excluding hydrogens is 340 g/mol. The molecule has 4 rings (SSSR count). The lowest BCUT2D eigenvalue weighted by Gasteiger charge is -2.29. The van der Waals surface area contributed by atoms with Gasteiger partial charge in [0.25, 0.3) is 5.91 Å². The minimum atomic E-state index is -0.465. The molecule has 1 fully saturated rings. The maximum Gasteiger partial charge on any atom is 0.256 e. The predicted octanol–water partition coefficient (Wildman–Crippen LogP) is 3.41. The molecule has 2 aliphatic heterocycles. The molecule has 6 heteroatoms. The first-order chi connectivity index (χ1) is 11.5. The van der Waals surface area contributed by atoms with Crippen molar-refractivity contribution in [3.63, 3.8) is 0 Å². The van der Waals surface area contributed by atoms with Gasteiger partial charge in [-0.15, -0.1) is 23.1 Å². The number of hydrogen-bond donors (Lipinski definition) is 1. The summed E-state index contributed by atoms with van der Waals surface area (Å²) in [7, 11) is 0. The molecule has 1 saturated heterocycles. The Balaban J connectivity index is 1.61. The molecule has 2 aromatic rings. The Morgan fingerprint density at radius 2 is 2.04 bits per heavy atom. The van der Waals surface area contributed by atoms with E-state index in [1.54, 1.807) is 28.0 Å². The van der Waals surface area contributed by atoms with E-state index in [9.17, 15) is 9.59 Å². The zero-order valence-electron chi connectivity index (χ0n) is 13.5. The monoisotopic (exact) mass is 358 g/mol. The van der Waals surface area contributed by atoms with Gasteiger partial charge in [0.15, 0.2) is 0 Å². The number of amides is 2. The standard InChI is InChI=1S/C18H18N2O2S2/c1-18(2)14(15(21)19-10-11-6-5-9-23-11)20-16(22)12-7-3-4-8-13(12)17(20)24-18/h3-9,14,17H,10H2,1-2H3,(H,19,21). The number of carbonyl (C=O) groups excluding carboxylic acids is 2. The zero-order valence-corrected chi connectivity index (χ0v) is 15.1. The van der Waals surface area contributed by atoms with Crippen molar-refractivity contribution in [3.8, 4) is 0 Å². The zero-order chi connectivity index (χ0) is 16.9. The Bertz CT molecular complexity index is 801. The van der Waals surface area contributed by atoms with Crippen molar-refractivity contribution in [3.05, 3.63) is 57.8 Å². The van der Waals surface area contributed by atoms with Crippen LogP contribution in [0.1, 0.15) is 40.0 Å². The van der Waals surface area contributed by atoms with E-state index in [-0.39, 0.29) is 21.9 Å². The molecule has 0 bridgehead atoms. The second-order valence-electron chi connectivity index (χ2n) is 6.57. The third-order valence-electron chi connectivity index (χ3n) is 4.56. The highest BCUT2D eigenvalue weighted by molar-refractivity contribution is 8.01. The van der Waals surface area contributed by atoms with Crippen molar-refractivity contribution in [1.82, 2.24) is 10.2 Å². The van der Waals surface area contributed by atoms with Gasteiger partial charge in [0, 0.05) is 15.2 Å².